The zero-order chi connectivity index (χ0) is 15.1. The van der Waals surface area contributed by atoms with Crippen molar-refractivity contribution in [1.29, 1.82) is 0 Å². The van der Waals surface area contributed by atoms with Gasteiger partial charge in [-0.3, -0.25) is 4.79 Å². The van der Waals surface area contributed by atoms with Crippen molar-refractivity contribution in [1.82, 2.24) is 5.32 Å². The summed E-state index contributed by atoms with van der Waals surface area (Å²) in [5.41, 5.74) is 6.61. The lowest BCUT2D eigenvalue weighted by Gasteiger charge is -2.31. The second-order valence-corrected chi connectivity index (χ2v) is 5.89. The van der Waals surface area contributed by atoms with Crippen LogP contribution in [0.3, 0.4) is 0 Å². The summed E-state index contributed by atoms with van der Waals surface area (Å²) in [6.07, 6.45) is 5.87. The van der Waals surface area contributed by atoms with Crippen molar-refractivity contribution >= 4 is 18.3 Å². The number of ether oxygens (including phenoxy) is 1. The number of amides is 1. The number of hydrogen-bond donors (Lipinski definition) is 2. The molecule has 124 valence electrons. The van der Waals surface area contributed by atoms with Gasteiger partial charge in [0.05, 0.1) is 12.1 Å². The zero-order valence-corrected chi connectivity index (χ0v) is 14.1. The number of nitrogens with two attached hydrogens (primary N) is 1. The van der Waals surface area contributed by atoms with Gasteiger partial charge in [-0.25, -0.2) is 0 Å². The van der Waals surface area contributed by atoms with Crippen LogP contribution in [0.4, 0.5) is 0 Å². The third kappa shape index (κ3) is 5.18. The first-order chi connectivity index (χ1) is 10.1. The summed E-state index contributed by atoms with van der Waals surface area (Å²) in [5.74, 6) is 0.850. The molecule has 22 heavy (non-hydrogen) atoms. The molecule has 0 unspecified atom stereocenters. The van der Waals surface area contributed by atoms with Gasteiger partial charge >= 0.3 is 0 Å². The Balaban J connectivity index is 0.00000242. The summed E-state index contributed by atoms with van der Waals surface area (Å²) in [4.78, 5) is 12.2. The van der Waals surface area contributed by atoms with E-state index in [1.165, 1.54) is 6.42 Å². The first-order valence-electron chi connectivity index (χ1n) is 7.93. The molecular weight excluding hydrogens is 300 g/mol. The van der Waals surface area contributed by atoms with Crippen molar-refractivity contribution in [2.45, 2.75) is 57.5 Å². The molecule has 4 nitrogen and oxygen atoms in total. The van der Waals surface area contributed by atoms with Gasteiger partial charge in [-0.2, -0.15) is 0 Å². The highest BCUT2D eigenvalue weighted by Crippen LogP contribution is 2.26. The molecule has 1 fully saturated rings. The van der Waals surface area contributed by atoms with Gasteiger partial charge in [0.25, 0.3) is 0 Å². The number of rotatable bonds is 6. The second-order valence-electron chi connectivity index (χ2n) is 5.89. The lowest BCUT2D eigenvalue weighted by molar-refractivity contribution is -0.127. The highest BCUT2D eigenvalue weighted by atomic mass is 35.5. The molecule has 1 aliphatic carbocycles. The first-order valence-corrected chi connectivity index (χ1v) is 7.93. The van der Waals surface area contributed by atoms with Gasteiger partial charge in [0.1, 0.15) is 5.75 Å². The van der Waals surface area contributed by atoms with Crippen LogP contribution in [0.1, 0.15) is 51.0 Å². The number of nitrogens with one attached hydrogen (secondary N) is 1. The van der Waals surface area contributed by atoms with Crippen LogP contribution >= 0.6 is 12.4 Å². The number of hydrogen-bond acceptors (Lipinski definition) is 3. The minimum atomic E-state index is -0.664. The van der Waals surface area contributed by atoms with Gasteiger partial charge in [-0.15, -0.1) is 12.4 Å². The van der Waals surface area contributed by atoms with Crippen LogP contribution in [0.15, 0.2) is 24.3 Å². The van der Waals surface area contributed by atoms with E-state index >= 15 is 0 Å². The van der Waals surface area contributed by atoms with Crippen molar-refractivity contribution in [3.63, 3.8) is 0 Å². The molecule has 0 saturated heterocycles. The number of carbonyl (C=O) groups is 1. The molecule has 2 rings (SSSR count). The van der Waals surface area contributed by atoms with Crippen LogP contribution in [-0.2, 0) is 11.3 Å². The van der Waals surface area contributed by atoms with Crippen molar-refractivity contribution in [3.05, 3.63) is 29.8 Å². The molecule has 3 N–H and O–H groups in total. The maximum atomic E-state index is 12.2. The first kappa shape index (κ1) is 18.8. The van der Waals surface area contributed by atoms with E-state index in [0.29, 0.717) is 6.54 Å². The summed E-state index contributed by atoms with van der Waals surface area (Å²) in [5, 5.41) is 2.97. The van der Waals surface area contributed by atoms with E-state index < -0.39 is 5.54 Å². The Labute approximate surface area is 139 Å². The Morgan fingerprint density at radius 3 is 2.45 bits per heavy atom. The van der Waals surface area contributed by atoms with Crippen LogP contribution in [0.5, 0.6) is 5.75 Å². The Kier molecular flexibility index (Phi) is 7.69. The van der Waals surface area contributed by atoms with Crippen molar-refractivity contribution in [2.75, 3.05) is 6.61 Å². The van der Waals surface area contributed by atoms with Gasteiger partial charge in [0, 0.05) is 6.54 Å². The topological polar surface area (TPSA) is 64.3 Å². The molecule has 1 amide bonds. The molecule has 0 atom stereocenters. The number of carbonyl (C=O) groups excluding carboxylic acids is 1. The van der Waals surface area contributed by atoms with Gasteiger partial charge in [0.2, 0.25) is 5.91 Å². The van der Waals surface area contributed by atoms with E-state index in [1.807, 2.05) is 24.3 Å². The molecule has 1 aromatic carbocycles. The Bertz CT molecular complexity index is 456. The summed E-state index contributed by atoms with van der Waals surface area (Å²) < 4.78 is 5.54. The molecule has 5 heteroatoms. The standard InChI is InChI=1S/C17H26N2O2.ClH/c1-2-12-21-15-8-6-14(7-9-15)13-19-16(20)17(18)10-4-3-5-11-17;/h6-9H,2-5,10-13,18H2,1H3,(H,19,20);1H. The van der Waals surface area contributed by atoms with Crippen molar-refractivity contribution in [2.24, 2.45) is 5.73 Å². The summed E-state index contributed by atoms with van der Waals surface area (Å²) in [6, 6.07) is 7.84. The van der Waals surface area contributed by atoms with Crippen LogP contribution in [0.2, 0.25) is 0 Å². The molecule has 1 saturated carbocycles. The van der Waals surface area contributed by atoms with Crippen molar-refractivity contribution in [3.8, 4) is 5.75 Å². The predicted molar refractivity (Wildman–Crippen MR) is 91.3 cm³/mol. The van der Waals surface area contributed by atoms with E-state index in [1.54, 1.807) is 0 Å². The summed E-state index contributed by atoms with van der Waals surface area (Å²) in [7, 11) is 0. The van der Waals surface area contributed by atoms with Gasteiger partial charge in [-0.1, -0.05) is 38.3 Å². The number of benzene rings is 1. The van der Waals surface area contributed by atoms with Crippen molar-refractivity contribution < 1.29 is 9.53 Å². The van der Waals surface area contributed by atoms with E-state index in [0.717, 1.165) is 50.0 Å². The fourth-order valence-corrected chi connectivity index (χ4v) is 2.69. The maximum absolute atomic E-state index is 12.2. The summed E-state index contributed by atoms with van der Waals surface area (Å²) >= 11 is 0. The second kappa shape index (κ2) is 9.01. The third-order valence-corrected chi connectivity index (χ3v) is 4.05. The van der Waals surface area contributed by atoms with E-state index in [4.69, 9.17) is 10.5 Å². The SMILES string of the molecule is CCCOc1ccc(CNC(=O)C2(N)CCCCC2)cc1.Cl. The van der Waals surface area contributed by atoms with E-state index in [9.17, 15) is 4.79 Å². The van der Waals surface area contributed by atoms with Gasteiger partial charge < -0.3 is 15.8 Å². The molecule has 1 aromatic rings. The molecule has 0 bridgehead atoms. The van der Waals surface area contributed by atoms with Crippen LogP contribution in [-0.4, -0.2) is 18.1 Å². The minimum absolute atomic E-state index is 0. The lowest BCUT2D eigenvalue weighted by atomic mass is 9.82. The minimum Gasteiger partial charge on any atom is -0.494 e. The normalized spacial score (nSPS) is 16.5. The van der Waals surface area contributed by atoms with Gasteiger partial charge in [0.15, 0.2) is 0 Å². The molecule has 1 aliphatic rings. The molecular formula is C17H27ClN2O2. The maximum Gasteiger partial charge on any atom is 0.240 e. The summed E-state index contributed by atoms with van der Waals surface area (Å²) in [6.45, 7) is 3.33. The predicted octanol–water partition coefficient (Wildman–Crippen LogP) is 3.18. The highest BCUT2D eigenvalue weighted by Gasteiger charge is 2.34. The smallest absolute Gasteiger partial charge is 0.240 e. The molecule has 0 aliphatic heterocycles. The van der Waals surface area contributed by atoms with Gasteiger partial charge in [-0.05, 0) is 37.0 Å². The average Bonchev–Trinajstić information content (AvgIpc) is 2.52. The number of halogens is 1. The molecule has 0 heterocycles. The molecule has 0 spiro atoms. The van der Waals surface area contributed by atoms with Crippen LogP contribution in [0.25, 0.3) is 0 Å². The quantitative estimate of drug-likeness (QED) is 0.844. The molecule has 0 radical (unpaired) electrons. The highest BCUT2D eigenvalue weighted by molar-refractivity contribution is 5.86. The average molecular weight is 327 g/mol. The Morgan fingerprint density at radius 2 is 1.86 bits per heavy atom. The fourth-order valence-electron chi connectivity index (χ4n) is 2.69. The van der Waals surface area contributed by atoms with E-state index in [-0.39, 0.29) is 18.3 Å². The fraction of sp³-hybridized carbons (Fsp3) is 0.588. The van der Waals surface area contributed by atoms with Crippen LogP contribution < -0.4 is 15.8 Å². The largest absolute Gasteiger partial charge is 0.494 e. The zero-order valence-electron chi connectivity index (χ0n) is 13.3. The van der Waals surface area contributed by atoms with Crippen LogP contribution in [0, 0.1) is 0 Å². The van der Waals surface area contributed by atoms with E-state index in [2.05, 4.69) is 12.2 Å². The molecule has 0 aromatic heterocycles. The Morgan fingerprint density at radius 1 is 1.23 bits per heavy atom. The lowest BCUT2D eigenvalue weighted by Crippen LogP contribution is -2.54. The Hall–Kier alpha value is -1.26. The third-order valence-electron chi connectivity index (χ3n) is 4.05. The monoisotopic (exact) mass is 326 g/mol.